The van der Waals surface area contributed by atoms with Crippen molar-refractivity contribution in [2.75, 3.05) is 18.1 Å². The molecule has 0 aliphatic rings. The fraction of sp³-hybridized carbons (Fsp3) is 0.520. The van der Waals surface area contributed by atoms with Gasteiger partial charge in [0, 0.05) is 6.54 Å². The SMILES string of the molecule is Cc1ccc(S(=O)(=O)OCCCCCCCCCCCCN(C=O)c2ccc(C#N)s2)cc1. The summed E-state index contributed by atoms with van der Waals surface area (Å²) in [5.74, 6) is 0. The number of hydrogen-bond acceptors (Lipinski definition) is 6. The fourth-order valence-corrected chi connectivity index (χ4v) is 5.23. The molecule has 2 aromatic rings. The molecule has 180 valence electrons. The molecule has 0 saturated heterocycles. The molecule has 33 heavy (non-hydrogen) atoms. The van der Waals surface area contributed by atoms with E-state index in [1.165, 1.54) is 30.6 Å². The maximum absolute atomic E-state index is 12.1. The molecule has 0 spiro atoms. The molecule has 1 heterocycles. The second-order valence-electron chi connectivity index (χ2n) is 8.17. The van der Waals surface area contributed by atoms with Gasteiger partial charge >= 0.3 is 0 Å². The average molecular weight is 491 g/mol. The quantitative estimate of drug-likeness (QED) is 0.150. The van der Waals surface area contributed by atoms with E-state index in [1.54, 1.807) is 35.2 Å². The highest BCUT2D eigenvalue weighted by Crippen LogP contribution is 2.25. The van der Waals surface area contributed by atoms with Gasteiger partial charge in [-0.05, 0) is 44.0 Å². The number of carbonyl (C=O) groups excluding carboxylic acids is 1. The Hall–Kier alpha value is -2.21. The first kappa shape index (κ1) is 27.0. The van der Waals surface area contributed by atoms with Crippen LogP contribution in [0.1, 0.15) is 74.6 Å². The molecular weight excluding hydrogens is 456 g/mol. The number of benzene rings is 1. The van der Waals surface area contributed by atoms with Gasteiger partial charge in [0.25, 0.3) is 10.1 Å². The number of aryl methyl sites for hydroxylation is 1. The molecule has 0 saturated carbocycles. The van der Waals surface area contributed by atoms with E-state index in [2.05, 4.69) is 6.07 Å². The van der Waals surface area contributed by atoms with Gasteiger partial charge in [0.15, 0.2) is 0 Å². The smallest absolute Gasteiger partial charge is 0.296 e. The van der Waals surface area contributed by atoms with E-state index >= 15 is 0 Å². The highest BCUT2D eigenvalue weighted by Gasteiger charge is 2.14. The van der Waals surface area contributed by atoms with Gasteiger partial charge in [-0.1, -0.05) is 69.1 Å². The highest BCUT2D eigenvalue weighted by atomic mass is 32.2. The van der Waals surface area contributed by atoms with Crippen molar-refractivity contribution in [1.82, 2.24) is 0 Å². The second kappa shape index (κ2) is 14.8. The summed E-state index contributed by atoms with van der Waals surface area (Å²) in [7, 11) is -3.65. The molecule has 1 aromatic carbocycles. The first-order valence-electron chi connectivity index (χ1n) is 11.6. The van der Waals surface area contributed by atoms with Gasteiger partial charge in [-0.3, -0.25) is 8.98 Å². The lowest BCUT2D eigenvalue weighted by Crippen LogP contribution is -2.21. The number of carbonyl (C=O) groups is 1. The Labute approximate surface area is 202 Å². The Morgan fingerprint density at radius 2 is 1.48 bits per heavy atom. The van der Waals surface area contributed by atoms with Crippen LogP contribution in [0.3, 0.4) is 0 Å². The number of amides is 1. The van der Waals surface area contributed by atoms with Crippen LogP contribution in [0.15, 0.2) is 41.3 Å². The maximum Gasteiger partial charge on any atom is 0.296 e. The predicted molar refractivity (Wildman–Crippen MR) is 133 cm³/mol. The third-order valence-electron chi connectivity index (χ3n) is 5.45. The van der Waals surface area contributed by atoms with E-state index in [1.807, 2.05) is 13.0 Å². The van der Waals surface area contributed by atoms with Crippen LogP contribution in [0.4, 0.5) is 5.00 Å². The average Bonchev–Trinajstić information content (AvgIpc) is 3.29. The normalized spacial score (nSPS) is 11.3. The van der Waals surface area contributed by atoms with Crippen molar-refractivity contribution in [3.05, 3.63) is 46.8 Å². The van der Waals surface area contributed by atoms with E-state index in [0.717, 1.165) is 61.9 Å². The molecule has 6 nitrogen and oxygen atoms in total. The number of hydrogen-bond donors (Lipinski definition) is 0. The summed E-state index contributed by atoms with van der Waals surface area (Å²) >= 11 is 1.35. The number of thiophene rings is 1. The Balaban J connectivity index is 1.43. The van der Waals surface area contributed by atoms with Crippen molar-refractivity contribution in [3.63, 3.8) is 0 Å². The molecule has 0 aliphatic carbocycles. The molecular formula is C25H34N2O4S2. The molecule has 0 radical (unpaired) electrons. The van der Waals surface area contributed by atoms with Gasteiger partial charge in [0.05, 0.1) is 16.5 Å². The Bertz CT molecular complexity index is 979. The van der Waals surface area contributed by atoms with Crippen LogP contribution in [0.25, 0.3) is 0 Å². The summed E-state index contributed by atoms with van der Waals surface area (Å²) in [6.07, 6.45) is 11.6. The van der Waals surface area contributed by atoms with Gasteiger partial charge in [0.2, 0.25) is 6.41 Å². The molecule has 0 N–H and O–H groups in total. The summed E-state index contributed by atoms with van der Waals surface area (Å²) in [6, 6.07) is 12.4. The van der Waals surface area contributed by atoms with Gasteiger partial charge in [0.1, 0.15) is 10.9 Å². The zero-order chi connectivity index (χ0) is 23.9. The summed E-state index contributed by atoms with van der Waals surface area (Å²) < 4.78 is 29.4. The minimum Gasteiger partial charge on any atom is -0.306 e. The molecule has 0 aliphatic heterocycles. The number of anilines is 1. The van der Waals surface area contributed by atoms with Crippen molar-refractivity contribution >= 4 is 32.9 Å². The Morgan fingerprint density at radius 1 is 0.909 bits per heavy atom. The molecule has 1 aromatic heterocycles. The van der Waals surface area contributed by atoms with Crippen molar-refractivity contribution in [1.29, 1.82) is 5.26 Å². The lowest BCUT2D eigenvalue weighted by Gasteiger charge is -2.14. The van der Waals surface area contributed by atoms with Crippen LogP contribution in [0.2, 0.25) is 0 Å². The summed E-state index contributed by atoms with van der Waals surface area (Å²) in [5, 5.41) is 9.73. The molecule has 0 bridgehead atoms. The number of rotatable bonds is 17. The first-order valence-corrected chi connectivity index (χ1v) is 13.9. The summed E-state index contributed by atoms with van der Waals surface area (Å²) in [5.41, 5.74) is 1.02. The summed E-state index contributed by atoms with van der Waals surface area (Å²) in [4.78, 5) is 13.8. The molecule has 8 heteroatoms. The fourth-order valence-electron chi connectivity index (χ4n) is 3.50. The number of nitriles is 1. The third kappa shape index (κ3) is 10.1. The van der Waals surface area contributed by atoms with Crippen LogP contribution < -0.4 is 4.90 Å². The highest BCUT2D eigenvalue weighted by molar-refractivity contribution is 7.86. The number of unbranched alkanes of at least 4 members (excludes halogenated alkanes) is 9. The third-order valence-corrected chi connectivity index (χ3v) is 7.81. The molecule has 2 rings (SSSR count). The molecule has 0 fully saturated rings. The number of nitrogens with zero attached hydrogens (tertiary/aromatic N) is 2. The lowest BCUT2D eigenvalue weighted by atomic mass is 10.1. The van der Waals surface area contributed by atoms with Gasteiger partial charge in [-0.25, -0.2) is 0 Å². The van der Waals surface area contributed by atoms with Crippen molar-refractivity contribution in [2.45, 2.75) is 76.0 Å². The van der Waals surface area contributed by atoms with Crippen molar-refractivity contribution in [3.8, 4) is 6.07 Å². The Kier molecular flexibility index (Phi) is 12.2. The van der Waals surface area contributed by atoms with E-state index in [0.29, 0.717) is 11.4 Å². The van der Waals surface area contributed by atoms with Crippen LogP contribution in [-0.2, 0) is 19.1 Å². The molecule has 0 unspecified atom stereocenters. The molecule has 1 amide bonds. The topological polar surface area (TPSA) is 87.5 Å². The van der Waals surface area contributed by atoms with Gasteiger partial charge < -0.3 is 4.90 Å². The van der Waals surface area contributed by atoms with Crippen molar-refractivity contribution < 1.29 is 17.4 Å². The van der Waals surface area contributed by atoms with Crippen LogP contribution in [-0.4, -0.2) is 28.0 Å². The summed E-state index contributed by atoms with van der Waals surface area (Å²) in [6.45, 7) is 2.84. The predicted octanol–water partition coefficient (Wildman–Crippen LogP) is 6.20. The molecule has 0 atom stereocenters. The van der Waals surface area contributed by atoms with Gasteiger partial charge in [-0.15, -0.1) is 11.3 Å². The minimum atomic E-state index is -3.65. The Morgan fingerprint density at radius 3 is 2.03 bits per heavy atom. The van der Waals surface area contributed by atoms with Crippen LogP contribution in [0.5, 0.6) is 0 Å². The standard InChI is InChI=1S/C25H34N2O4S2/c1-22-12-15-24(16-13-22)33(29,30)31-19-11-9-7-5-3-2-4-6-8-10-18-27(21-28)25-17-14-23(20-26)32-25/h12-17,21H,2-11,18-19H2,1H3. The monoisotopic (exact) mass is 490 g/mol. The van der Waals surface area contributed by atoms with E-state index in [4.69, 9.17) is 9.44 Å². The minimum absolute atomic E-state index is 0.214. The van der Waals surface area contributed by atoms with E-state index in [9.17, 15) is 13.2 Å². The van der Waals surface area contributed by atoms with E-state index < -0.39 is 10.1 Å². The first-order chi connectivity index (χ1) is 16.0. The second-order valence-corrected chi connectivity index (χ2v) is 10.9. The van der Waals surface area contributed by atoms with Crippen molar-refractivity contribution in [2.24, 2.45) is 0 Å². The zero-order valence-electron chi connectivity index (χ0n) is 19.4. The zero-order valence-corrected chi connectivity index (χ0v) is 21.0. The van der Waals surface area contributed by atoms with E-state index in [-0.39, 0.29) is 11.5 Å². The lowest BCUT2D eigenvalue weighted by molar-refractivity contribution is -0.107. The van der Waals surface area contributed by atoms with Crippen LogP contribution in [0, 0.1) is 18.3 Å². The maximum atomic E-state index is 12.1. The van der Waals surface area contributed by atoms with Gasteiger partial charge in [-0.2, -0.15) is 13.7 Å². The largest absolute Gasteiger partial charge is 0.306 e. The van der Waals surface area contributed by atoms with Crippen LogP contribution >= 0.6 is 11.3 Å².